The number of ether oxygens (including phenoxy) is 1. The molecule has 0 bridgehead atoms. The standard InChI is InChI=1S/C16H17ClN4O4S/c1-21(2)8-9-24-14-10-11(6-7-12(14)17)20-26(22,23)15-5-3-4-13-16(15)19-25-18-13/h3-7,10,20H,8-9H2,1-2H3. The van der Waals surface area contributed by atoms with E-state index in [-0.39, 0.29) is 10.4 Å². The molecule has 0 aliphatic rings. The van der Waals surface area contributed by atoms with Gasteiger partial charge in [0, 0.05) is 12.6 Å². The lowest BCUT2D eigenvalue weighted by atomic mass is 10.3. The summed E-state index contributed by atoms with van der Waals surface area (Å²) in [6.45, 7) is 1.13. The number of hydrogen-bond acceptors (Lipinski definition) is 7. The minimum absolute atomic E-state index is 0.0266. The molecule has 3 aromatic rings. The second-order valence-electron chi connectivity index (χ2n) is 5.79. The Hall–Kier alpha value is -2.36. The Kier molecular flexibility index (Phi) is 5.30. The number of rotatable bonds is 7. The molecule has 0 aliphatic carbocycles. The van der Waals surface area contributed by atoms with Crippen molar-refractivity contribution in [1.29, 1.82) is 0 Å². The first-order valence-electron chi connectivity index (χ1n) is 7.68. The van der Waals surface area contributed by atoms with Crippen LogP contribution in [0.25, 0.3) is 11.0 Å². The maximum atomic E-state index is 12.7. The lowest BCUT2D eigenvalue weighted by Crippen LogP contribution is -2.19. The number of aromatic nitrogens is 2. The Morgan fingerprint density at radius 3 is 2.81 bits per heavy atom. The van der Waals surface area contributed by atoms with Gasteiger partial charge in [-0.1, -0.05) is 17.7 Å². The average Bonchev–Trinajstić information content (AvgIpc) is 3.05. The van der Waals surface area contributed by atoms with E-state index >= 15 is 0 Å². The summed E-state index contributed by atoms with van der Waals surface area (Å²) in [7, 11) is -0.0418. The molecule has 8 nitrogen and oxygen atoms in total. The molecule has 138 valence electrons. The quantitative estimate of drug-likeness (QED) is 0.655. The summed E-state index contributed by atoms with van der Waals surface area (Å²) in [4.78, 5) is 1.94. The van der Waals surface area contributed by atoms with E-state index in [1.165, 1.54) is 12.1 Å². The third kappa shape index (κ3) is 4.06. The van der Waals surface area contributed by atoms with Gasteiger partial charge in [-0.2, -0.15) is 0 Å². The van der Waals surface area contributed by atoms with Crippen molar-refractivity contribution >= 4 is 38.3 Å². The predicted octanol–water partition coefficient (Wildman–Crippen LogP) is 2.62. The van der Waals surface area contributed by atoms with E-state index in [1.54, 1.807) is 24.3 Å². The molecule has 0 fully saturated rings. The highest BCUT2D eigenvalue weighted by atomic mass is 35.5. The Bertz CT molecular complexity index is 1020. The zero-order chi connectivity index (χ0) is 18.7. The molecular formula is C16H17ClN4O4S. The summed E-state index contributed by atoms with van der Waals surface area (Å²) in [5, 5.41) is 7.71. The van der Waals surface area contributed by atoms with Gasteiger partial charge in [-0.05, 0) is 48.7 Å². The molecule has 0 aliphatic heterocycles. The molecule has 1 aromatic heterocycles. The van der Waals surface area contributed by atoms with Crippen molar-refractivity contribution in [2.24, 2.45) is 0 Å². The SMILES string of the molecule is CN(C)CCOc1cc(NS(=O)(=O)c2cccc3nonc23)ccc1Cl. The van der Waals surface area contributed by atoms with Crippen LogP contribution in [-0.4, -0.2) is 50.9 Å². The van der Waals surface area contributed by atoms with E-state index in [0.29, 0.717) is 35.1 Å². The normalized spacial score (nSPS) is 11.8. The molecule has 2 aromatic carbocycles. The third-order valence-corrected chi connectivity index (χ3v) is 5.24. The van der Waals surface area contributed by atoms with Gasteiger partial charge < -0.3 is 9.64 Å². The maximum absolute atomic E-state index is 12.7. The summed E-state index contributed by atoms with van der Waals surface area (Å²) >= 11 is 6.12. The monoisotopic (exact) mass is 396 g/mol. The van der Waals surface area contributed by atoms with Crippen LogP contribution in [0, 0.1) is 0 Å². The van der Waals surface area contributed by atoms with Crippen LogP contribution in [0.2, 0.25) is 5.02 Å². The molecule has 3 rings (SSSR count). The van der Waals surface area contributed by atoms with E-state index in [0.717, 1.165) is 0 Å². The lowest BCUT2D eigenvalue weighted by molar-refractivity contribution is 0.261. The number of sulfonamides is 1. The fourth-order valence-electron chi connectivity index (χ4n) is 2.22. The second kappa shape index (κ2) is 7.48. The minimum atomic E-state index is -3.89. The molecule has 0 spiro atoms. The van der Waals surface area contributed by atoms with Gasteiger partial charge in [0.15, 0.2) is 5.52 Å². The smallest absolute Gasteiger partial charge is 0.264 e. The first-order chi connectivity index (χ1) is 12.4. The predicted molar refractivity (Wildman–Crippen MR) is 98.1 cm³/mol. The minimum Gasteiger partial charge on any atom is -0.491 e. The molecule has 0 unspecified atom stereocenters. The van der Waals surface area contributed by atoms with Crippen molar-refractivity contribution in [3.63, 3.8) is 0 Å². The van der Waals surface area contributed by atoms with Crippen molar-refractivity contribution in [1.82, 2.24) is 15.2 Å². The molecule has 26 heavy (non-hydrogen) atoms. The summed E-state index contributed by atoms with van der Waals surface area (Å²) in [5.74, 6) is 0.398. The summed E-state index contributed by atoms with van der Waals surface area (Å²) in [6, 6.07) is 9.28. The van der Waals surface area contributed by atoms with E-state index < -0.39 is 10.0 Å². The largest absolute Gasteiger partial charge is 0.491 e. The van der Waals surface area contributed by atoms with Crippen LogP contribution in [0.1, 0.15) is 0 Å². The average molecular weight is 397 g/mol. The van der Waals surface area contributed by atoms with Crippen molar-refractivity contribution < 1.29 is 17.8 Å². The highest BCUT2D eigenvalue weighted by Gasteiger charge is 2.21. The molecule has 10 heteroatoms. The summed E-state index contributed by atoms with van der Waals surface area (Å²) in [5.41, 5.74) is 0.843. The van der Waals surface area contributed by atoms with Crippen molar-refractivity contribution in [3.05, 3.63) is 41.4 Å². The van der Waals surface area contributed by atoms with Gasteiger partial charge in [-0.3, -0.25) is 4.72 Å². The van der Waals surface area contributed by atoms with E-state index in [1.807, 2.05) is 19.0 Å². The van der Waals surface area contributed by atoms with Crippen molar-refractivity contribution in [2.45, 2.75) is 4.90 Å². The van der Waals surface area contributed by atoms with Crippen LogP contribution in [0.4, 0.5) is 5.69 Å². The zero-order valence-corrected chi connectivity index (χ0v) is 15.7. The van der Waals surface area contributed by atoms with Crippen LogP contribution < -0.4 is 9.46 Å². The highest BCUT2D eigenvalue weighted by Crippen LogP contribution is 2.30. The van der Waals surface area contributed by atoms with Crippen LogP contribution in [-0.2, 0) is 10.0 Å². The number of nitrogens with zero attached hydrogens (tertiary/aromatic N) is 3. The molecule has 0 atom stereocenters. The fourth-order valence-corrected chi connectivity index (χ4v) is 3.60. The van der Waals surface area contributed by atoms with E-state index in [9.17, 15) is 8.42 Å². The van der Waals surface area contributed by atoms with E-state index in [4.69, 9.17) is 16.3 Å². The van der Waals surface area contributed by atoms with Crippen LogP contribution in [0.5, 0.6) is 5.75 Å². The van der Waals surface area contributed by atoms with E-state index in [2.05, 4.69) is 19.7 Å². The van der Waals surface area contributed by atoms with Gasteiger partial charge in [0.1, 0.15) is 22.8 Å². The Labute approximate surface area is 155 Å². The molecule has 0 saturated carbocycles. The molecule has 1 heterocycles. The first-order valence-corrected chi connectivity index (χ1v) is 9.54. The van der Waals surface area contributed by atoms with Crippen LogP contribution >= 0.6 is 11.6 Å². The molecular weight excluding hydrogens is 380 g/mol. The van der Waals surface area contributed by atoms with Crippen molar-refractivity contribution in [2.75, 3.05) is 32.0 Å². The molecule has 0 saturated heterocycles. The van der Waals surface area contributed by atoms with Gasteiger partial charge in [0.2, 0.25) is 0 Å². The number of nitrogens with one attached hydrogen (secondary N) is 1. The number of anilines is 1. The number of benzene rings is 2. The second-order valence-corrected chi connectivity index (χ2v) is 7.85. The first kappa shape index (κ1) is 18.4. The maximum Gasteiger partial charge on any atom is 0.264 e. The molecule has 0 amide bonds. The lowest BCUT2D eigenvalue weighted by Gasteiger charge is -2.14. The third-order valence-electron chi connectivity index (χ3n) is 3.52. The number of likely N-dealkylation sites (N-methyl/N-ethyl adjacent to an activating group) is 1. The molecule has 0 radical (unpaired) electrons. The zero-order valence-electron chi connectivity index (χ0n) is 14.1. The Balaban J connectivity index is 1.85. The Morgan fingerprint density at radius 2 is 2.04 bits per heavy atom. The summed E-state index contributed by atoms with van der Waals surface area (Å²) in [6.07, 6.45) is 0. The summed E-state index contributed by atoms with van der Waals surface area (Å²) < 4.78 is 38.2. The molecule has 1 N–H and O–H groups in total. The van der Waals surface area contributed by atoms with Crippen LogP contribution in [0.15, 0.2) is 45.9 Å². The van der Waals surface area contributed by atoms with Crippen LogP contribution in [0.3, 0.4) is 0 Å². The van der Waals surface area contributed by atoms with Gasteiger partial charge >= 0.3 is 0 Å². The number of halogens is 1. The highest BCUT2D eigenvalue weighted by molar-refractivity contribution is 7.93. The van der Waals surface area contributed by atoms with Gasteiger partial charge in [-0.25, -0.2) is 13.0 Å². The Morgan fingerprint density at radius 1 is 1.23 bits per heavy atom. The van der Waals surface area contributed by atoms with Crippen molar-refractivity contribution in [3.8, 4) is 5.75 Å². The van der Waals surface area contributed by atoms with Gasteiger partial charge in [0.25, 0.3) is 10.0 Å². The fraction of sp³-hybridized carbons (Fsp3) is 0.250. The number of fused-ring (bicyclic) bond motifs is 1. The van der Waals surface area contributed by atoms with Gasteiger partial charge in [0.05, 0.1) is 10.7 Å². The van der Waals surface area contributed by atoms with Gasteiger partial charge in [-0.15, -0.1) is 0 Å². The topological polar surface area (TPSA) is 97.6 Å². The number of hydrogen-bond donors (Lipinski definition) is 1.